The highest BCUT2D eigenvalue weighted by molar-refractivity contribution is 6.03. The van der Waals surface area contributed by atoms with Gasteiger partial charge in [-0.15, -0.1) is 0 Å². The Bertz CT molecular complexity index is 1230. The Morgan fingerprint density at radius 2 is 1.42 bits per heavy atom. The van der Waals surface area contributed by atoms with Crippen LogP contribution in [0.5, 0.6) is 0 Å². The summed E-state index contributed by atoms with van der Waals surface area (Å²) in [6.07, 6.45) is 2.67. The Labute approximate surface area is 181 Å². The van der Waals surface area contributed by atoms with Gasteiger partial charge < -0.3 is 0 Å². The fourth-order valence-electron chi connectivity index (χ4n) is 4.01. The van der Waals surface area contributed by atoms with E-state index in [1.54, 1.807) is 11.9 Å². The minimum absolute atomic E-state index is 0.0811. The quantitative estimate of drug-likeness (QED) is 0.466. The van der Waals surface area contributed by atoms with Gasteiger partial charge in [0.25, 0.3) is 0 Å². The van der Waals surface area contributed by atoms with Gasteiger partial charge in [0.2, 0.25) is 5.91 Å². The lowest BCUT2D eigenvalue weighted by Gasteiger charge is -2.20. The minimum Gasteiger partial charge on any atom is -0.273 e. The van der Waals surface area contributed by atoms with Crippen LogP contribution in [0.4, 0.5) is 0 Å². The van der Waals surface area contributed by atoms with Crippen molar-refractivity contribution in [1.29, 1.82) is 0 Å². The average Bonchev–Trinajstić information content (AvgIpc) is 3.46. The largest absolute Gasteiger partial charge is 0.273 e. The number of nitrogens with zero attached hydrogens (tertiary/aromatic N) is 4. The SMILES string of the molecule is CC(=O)N1N=C(c2ccccc2)C[C@H]1c1cn(-c2ccccc2)nc1-c1ccccc1. The van der Waals surface area contributed by atoms with E-state index in [0.717, 1.165) is 33.8 Å². The van der Waals surface area contributed by atoms with Gasteiger partial charge in [-0.3, -0.25) is 4.79 Å². The van der Waals surface area contributed by atoms with Gasteiger partial charge in [0.1, 0.15) is 0 Å². The van der Waals surface area contributed by atoms with Crippen LogP contribution in [0.15, 0.2) is 102 Å². The molecule has 1 aromatic heterocycles. The van der Waals surface area contributed by atoms with Crippen molar-refractivity contribution < 1.29 is 4.79 Å². The van der Waals surface area contributed by atoms with E-state index >= 15 is 0 Å². The molecule has 1 amide bonds. The van der Waals surface area contributed by atoms with Crippen LogP contribution in [0.3, 0.4) is 0 Å². The summed E-state index contributed by atoms with van der Waals surface area (Å²) in [5, 5.41) is 11.2. The second kappa shape index (κ2) is 8.03. The number of para-hydroxylation sites is 1. The predicted octanol–water partition coefficient (Wildman–Crippen LogP) is 5.24. The number of aromatic nitrogens is 2. The molecule has 2 heterocycles. The van der Waals surface area contributed by atoms with E-state index in [0.29, 0.717) is 6.42 Å². The molecule has 1 aliphatic rings. The Balaban J connectivity index is 1.62. The van der Waals surface area contributed by atoms with Crippen molar-refractivity contribution in [1.82, 2.24) is 14.8 Å². The molecule has 0 radical (unpaired) electrons. The van der Waals surface area contributed by atoms with Gasteiger partial charge >= 0.3 is 0 Å². The first-order valence-corrected chi connectivity index (χ1v) is 10.3. The molecule has 1 aliphatic heterocycles. The van der Waals surface area contributed by atoms with Gasteiger partial charge in [-0.25, -0.2) is 9.69 Å². The van der Waals surface area contributed by atoms with E-state index in [1.807, 2.05) is 102 Å². The summed E-state index contributed by atoms with van der Waals surface area (Å²) in [4.78, 5) is 12.5. The fourth-order valence-corrected chi connectivity index (χ4v) is 4.01. The van der Waals surface area contributed by atoms with Crippen LogP contribution >= 0.6 is 0 Å². The van der Waals surface area contributed by atoms with Crippen LogP contribution in [0.2, 0.25) is 0 Å². The van der Waals surface area contributed by atoms with Crippen molar-refractivity contribution in [2.24, 2.45) is 5.10 Å². The van der Waals surface area contributed by atoms with Gasteiger partial charge in [-0.05, 0) is 17.7 Å². The van der Waals surface area contributed by atoms with Crippen molar-refractivity contribution in [3.05, 3.63) is 108 Å². The highest BCUT2D eigenvalue weighted by Gasteiger charge is 2.34. The predicted molar refractivity (Wildman–Crippen MR) is 122 cm³/mol. The molecule has 31 heavy (non-hydrogen) atoms. The zero-order valence-corrected chi connectivity index (χ0v) is 17.2. The number of carbonyl (C=O) groups is 1. The van der Waals surface area contributed by atoms with Crippen molar-refractivity contribution in [3.63, 3.8) is 0 Å². The number of hydrogen-bond donors (Lipinski definition) is 0. The second-order valence-electron chi connectivity index (χ2n) is 7.58. The Hall–Kier alpha value is -3.99. The van der Waals surface area contributed by atoms with Gasteiger partial charge in [0.05, 0.1) is 23.1 Å². The third-order valence-electron chi connectivity index (χ3n) is 5.51. The van der Waals surface area contributed by atoms with Gasteiger partial charge in [-0.1, -0.05) is 78.9 Å². The summed E-state index contributed by atoms with van der Waals surface area (Å²) in [6, 6.07) is 29.9. The summed E-state index contributed by atoms with van der Waals surface area (Å²) in [6.45, 7) is 1.56. The van der Waals surface area contributed by atoms with Crippen LogP contribution < -0.4 is 0 Å². The van der Waals surface area contributed by atoms with Crippen molar-refractivity contribution >= 4 is 11.6 Å². The van der Waals surface area contributed by atoms with Crippen molar-refractivity contribution in [3.8, 4) is 16.9 Å². The maximum Gasteiger partial charge on any atom is 0.240 e. The standard InChI is InChI=1S/C26H22N4O/c1-19(31)30-25(17-24(27-30)20-11-5-2-6-12-20)23-18-29(22-15-9-4-10-16-22)28-26(23)21-13-7-3-8-14-21/h2-16,18,25H,17H2,1H3/t25-/m0/s1. The Kier molecular flexibility index (Phi) is 4.92. The molecular weight excluding hydrogens is 384 g/mol. The van der Waals surface area contributed by atoms with Crippen LogP contribution in [0, 0.1) is 0 Å². The highest BCUT2D eigenvalue weighted by atomic mass is 16.2. The number of rotatable bonds is 4. The number of amides is 1. The minimum atomic E-state index is -0.208. The van der Waals surface area contributed by atoms with Crippen LogP contribution in [0.1, 0.15) is 30.5 Å². The molecule has 0 N–H and O–H groups in total. The lowest BCUT2D eigenvalue weighted by molar-refractivity contribution is -0.130. The fraction of sp³-hybridized carbons (Fsp3) is 0.115. The van der Waals surface area contributed by atoms with Crippen LogP contribution in [-0.4, -0.2) is 26.4 Å². The molecule has 5 nitrogen and oxygen atoms in total. The lowest BCUT2D eigenvalue weighted by atomic mass is 9.96. The summed E-state index contributed by atoms with van der Waals surface area (Å²) < 4.78 is 1.89. The van der Waals surface area contributed by atoms with E-state index in [2.05, 4.69) is 0 Å². The molecule has 0 saturated carbocycles. The van der Waals surface area contributed by atoms with Crippen molar-refractivity contribution in [2.45, 2.75) is 19.4 Å². The molecule has 0 aliphatic carbocycles. The van der Waals surface area contributed by atoms with Gasteiger partial charge in [0, 0.05) is 30.7 Å². The van der Waals surface area contributed by atoms with Crippen molar-refractivity contribution in [2.75, 3.05) is 0 Å². The Morgan fingerprint density at radius 3 is 2.03 bits per heavy atom. The highest BCUT2D eigenvalue weighted by Crippen LogP contribution is 2.38. The molecular formula is C26H22N4O. The van der Waals surface area contributed by atoms with E-state index in [1.165, 1.54) is 0 Å². The smallest absolute Gasteiger partial charge is 0.240 e. The first-order valence-electron chi connectivity index (χ1n) is 10.3. The Morgan fingerprint density at radius 1 is 0.839 bits per heavy atom. The first-order chi connectivity index (χ1) is 15.2. The van der Waals surface area contributed by atoms with Crippen LogP contribution in [0.25, 0.3) is 16.9 Å². The van der Waals surface area contributed by atoms with Gasteiger partial charge in [-0.2, -0.15) is 10.2 Å². The monoisotopic (exact) mass is 406 g/mol. The molecule has 1 atom stereocenters. The molecule has 0 fully saturated rings. The number of hydrogen-bond acceptors (Lipinski definition) is 3. The molecule has 5 heteroatoms. The third kappa shape index (κ3) is 3.66. The van der Waals surface area contributed by atoms with E-state index < -0.39 is 0 Å². The number of benzene rings is 3. The summed E-state index contributed by atoms with van der Waals surface area (Å²) >= 11 is 0. The zero-order valence-electron chi connectivity index (χ0n) is 17.2. The summed E-state index contributed by atoms with van der Waals surface area (Å²) in [5.41, 5.74) is 5.79. The molecule has 4 aromatic rings. The third-order valence-corrected chi connectivity index (χ3v) is 5.51. The van der Waals surface area contributed by atoms with Gasteiger partial charge in [0.15, 0.2) is 0 Å². The molecule has 0 spiro atoms. The summed E-state index contributed by atoms with van der Waals surface area (Å²) in [7, 11) is 0. The number of hydrazone groups is 1. The molecule has 5 rings (SSSR count). The molecule has 152 valence electrons. The van der Waals surface area contributed by atoms with E-state index in [4.69, 9.17) is 10.2 Å². The van der Waals surface area contributed by atoms with E-state index in [-0.39, 0.29) is 11.9 Å². The normalized spacial score (nSPS) is 15.7. The maximum absolute atomic E-state index is 12.5. The second-order valence-corrected chi connectivity index (χ2v) is 7.58. The molecule has 0 saturated heterocycles. The zero-order chi connectivity index (χ0) is 21.2. The molecule has 0 unspecified atom stereocenters. The molecule has 0 bridgehead atoms. The maximum atomic E-state index is 12.5. The van der Waals surface area contributed by atoms with E-state index in [9.17, 15) is 4.79 Å². The lowest BCUT2D eigenvalue weighted by Crippen LogP contribution is -2.24. The topological polar surface area (TPSA) is 50.5 Å². The average molecular weight is 406 g/mol. The van der Waals surface area contributed by atoms with Crippen LogP contribution in [-0.2, 0) is 4.79 Å². The molecule has 3 aromatic carbocycles. The number of carbonyl (C=O) groups excluding carboxylic acids is 1. The summed E-state index contributed by atoms with van der Waals surface area (Å²) in [5.74, 6) is -0.0811. The first kappa shape index (κ1) is 19.0.